The summed E-state index contributed by atoms with van der Waals surface area (Å²) in [6.07, 6.45) is 3.05. The molecule has 3 N–H and O–H groups in total. The minimum atomic E-state index is -0.667. The van der Waals surface area contributed by atoms with Crippen molar-refractivity contribution in [3.63, 3.8) is 0 Å². The molecule has 0 aliphatic carbocycles. The molecule has 1 aromatic carbocycles. The van der Waals surface area contributed by atoms with Crippen LogP contribution in [0.2, 0.25) is 0 Å². The number of methoxy groups -OCH3 is 2. The number of aliphatic hydroxyl groups is 1. The lowest BCUT2D eigenvalue weighted by atomic mass is 9.78. The number of alkyl carbamates (subject to hydrolysis) is 1. The van der Waals surface area contributed by atoms with Crippen molar-refractivity contribution in [3.05, 3.63) is 30.2 Å². The van der Waals surface area contributed by atoms with Crippen LogP contribution in [-0.2, 0) is 14.0 Å². The Hall–Kier alpha value is -2.60. The number of aromatic amines is 1. The van der Waals surface area contributed by atoms with Gasteiger partial charge in [0.25, 0.3) is 0 Å². The average Bonchev–Trinajstić information content (AvgIpc) is 3.59. The molecule has 214 valence electrons. The number of ether oxygens (including phenoxy) is 2. The molecule has 4 rings (SSSR count). The van der Waals surface area contributed by atoms with Gasteiger partial charge in [-0.3, -0.25) is 4.90 Å². The fourth-order valence-electron chi connectivity index (χ4n) is 5.20. The summed E-state index contributed by atoms with van der Waals surface area (Å²) >= 11 is 0. The van der Waals surface area contributed by atoms with Crippen LogP contribution in [0.1, 0.15) is 72.7 Å². The zero-order chi connectivity index (χ0) is 28.6. The zero-order valence-corrected chi connectivity index (χ0v) is 24.5. The van der Waals surface area contributed by atoms with Crippen LogP contribution in [0.15, 0.2) is 24.4 Å². The molecule has 1 aromatic heterocycles. The van der Waals surface area contributed by atoms with Gasteiger partial charge >= 0.3 is 13.2 Å². The van der Waals surface area contributed by atoms with Gasteiger partial charge in [0.05, 0.1) is 43.4 Å². The third-order valence-electron chi connectivity index (χ3n) is 8.27. The summed E-state index contributed by atoms with van der Waals surface area (Å²) < 4.78 is 22.9. The number of amides is 1. The Morgan fingerprint density at radius 2 is 1.97 bits per heavy atom. The highest BCUT2D eigenvalue weighted by Gasteiger charge is 2.52. The minimum absolute atomic E-state index is 0.0240. The number of carbonyl (C=O) groups is 1. The Kier molecular flexibility index (Phi) is 8.38. The van der Waals surface area contributed by atoms with Gasteiger partial charge < -0.3 is 34.2 Å². The number of imidazole rings is 1. The normalized spacial score (nSPS) is 21.7. The number of benzene rings is 1. The molecule has 1 amide bonds. The number of hydrogen-bond acceptors (Lipinski definition) is 8. The highest BCUT2D eigenvalue weighted by atomic mass is 16.7. The van der Waals surface area contributed by atoms with Crippen molar-refractivity contribution in [1.82, 2.24) is 20.2 Å². The first kappa shape index (κ1) is 29.4. The molecule has 39 heavy (non-hydrogen) atoms. The predicted octanol–water partition coefficient (Wildman–Crippen LogP) is 3.61. The molecule has 0 radical (unpaired) electrons. The molecule has 2 aliphatic rings. The summed E-state index contributed by atoms with van der Waals surface area (Å²) in [5.74, 6) is 1.50. The lowest BCUT2D eigenvalue weighted by molar-refractivity contribution is -0.0356. The van der Waals surface area contributed by atoms with Crippen LogP contribution in [0.4, 0.5) is 4.79 Å². The second-order valence-corrected chi connectivity index (χ2v) is 12.3. The summed E-state index contributed by atoms with van der Waals surface area (Å²) in [6.45, 7) is 13.3. The van der Waals surface area contributed by atoms with E-state index in [9.17, 15) is 9.90 Å². The summed E-state index contributed by atoms with van der Waals surface area (Å²) in [6, 6.07) is 5.94. The Bertz CT molecular complexity index is 1150. The molecule has 2 aromatic rings. The van der Waals surface area contributed by atoms with E-state index >= 15 is 0 Å². The fourth-order valence-corrected chi connectivity index (χ4v) is 5.20. The molecule has 11 heteroatoms. The first-order valence-corrected chi connectivity index (χ1v) is 13.6. The number of rotatable bonds is 9. The maximum absolute atomic E-state index is 11.5. The van der Waals surface area contributed by atoms with Crippen molar-refractivity contribution in [2.24, 2.45) is 5.41 Å². The van der Waals surface area contributed by atoms with Gasteiger partial charge in [-0.05, 0) is 58.4 Å². The number of aliphatic hydroxyl groups excluding tert-OH is 1. The molecule has 1 unspecified atom stereocenters. The van der Waals surface area contributed by atoms with Crippen LogP contribution in [0, 0.1) is 5.41 Å². The Labute approximate surface area is 231 Å². The first-order valence-electron chi connectivity index (χ1n) is 13.6. The summed E-state index contributed by atoms with van der Waals surface area (Å²) in [5.41, 5.74) is 1.45. The standard InChI is InChI=1S/C28H43BN4O6/c1-26(2,17-31-25(35)37-8)15-23(34)33-13-9-10-21(33)24-30-16-20(32-24)18-11-12-19(22(14-18)36-7)29-38-27(3,4)28(5,6)39-29/h11-12,14,16,21,23,34H,9-10,13,15,17H2,1-8H3,(H,30,32)(H,31,35)/t21-,23?/m0/s1. The number of H-pyrrole nitrogens is 1. The van der Waals surface area contributed by atoms with Gasteiger partial charge in [0.15, 0.2) is 0 Å². The summed E-state index contributed by atoms with van der Waals surface area (Å²) in [7, 11) is 2.47. The van der Waals surface area contributed by atoms with E-state index in [0.717, 1.165) is 41.9 Å². The van der Waals surface area contributed by atoms with Crippen molar-refractivity contribution in [1.29, 1.82) is 0 Å². The third-order valence-corrected chi connectivity index (χ3v) is 8.27. The molecule has 2 aliphatic heterocycles. The lowest BCUT2D eigenvalue weighted by Crippen LogP contribution is -2.42. The predicted molar refractivity (Wildman–Crippen MR) is 150 cm³/mol. The summed E-state index contributed by atoms with van der Waals surface area (Å²) in [5, 5.41) is 13.9. The quantitative estimate of drug-likeness (QED) is 0.412. The molecular weight excluding hydrogens is 499 g/mol. The maximum atomic E-state index is 11.5. The van der Waals surface area contributed by atoms with Gasteiger partial charge in [-0.1, -0.05) is 26.0 Å². The Balaban J connectivity index is 1.47. The van der Waals surface area contributed by atoms with Crippen molar-refractivity contribution in [2.75, 3.05) is 27.3 Å². The number of hydrogen-bond donors (Lipinski definition) is 3. The second-order valence-electron chi connectivity index (χ2n) is 12.3. The molecule has 0 saturated carbocycles. The molecule has 3 heterocycles. The zero-order valence-electron chi connectivity index (χ0n) is 24.5. The van der Waals surface area contributed by atoms with Crippen molar-refractivity contribution < 1.29 is 28.7 Å². The molecule has 2 fully saturated rings. The van der Waals surface area contributed by atoms with Crippen LogP contribution < -0.4 is 15.5 Å². The fraction of sp³-hybridized carbons (Fsp3) is 0.643. The third kappa shape index (κ3) is 6.27. The van der Waals surface area contributed by atoms with Gasteiger partial charge in [-0.2, -0.15) is 0 Å². The highest BCUT2D eigenvalue weighted by Crippen LogP contribution is 2.38. The Morgan fingerprint density at radius 3 is 2.62 bits per heavy atom. The van der Waals surface area contributed by atoms with Gasteiger partial charge in [-0.15, -0.1) is 0 Å². The van der Waals surface area contributed by atoms with Crippen LogP contribution in [0.25, 0.3) is 11.3 Å². The lowest BCUT2D eigenvalue weighted by Gasteiger charge is -2.34. The molecule has 0 spiro atoms. The van der Waals surface area contributed by atoms with Crippen molar-refractivity contribution in [2.45, 2.75) is 84.3 Å². The van der Waals surface area contributed by atoms with E-state index in [0.29, 0.717) is 18.7 Å². The summed E-state index contributed by atoms with van der Waals surface area (Å²) in [4.78, 5) is 21.8. The van der Waals surface area contributed by atoms with Crippen LogP contribution in [-0.4, -0.2) is 77.9 Å². The monoisotopic (exact) mass is 542 g/mol. The highest BCUT2D eigenvalue weighted by molar-refractivity contribution is 6.63. The van der Waals surface area contributed by atoms with E-state index in [4.69, 9.17) is 19.0 Å². The number of aromatic nitrogens is 2. The van der Waals surface area contributed by atoms with E-state index in [2.05, 4.69) is 19.9 Å². The van der Waals surface area contributed by atoms with E-state index < -0.39 is 30.6 Å². The molecular formula is C28H43BN4O6. The topological polar surface area (TPSA) is 118 Å². The van der Waals surface area contributed by atoms with E-state index in [1.54, 1.807) is 7.11 Å². The average molecular weight is 542 g/mol. The van der Waals surface area contributed by atoms with E-state index in [1.165, 1.54) is 7.11 Å². The van der Waals surface area contributed by atoms with Gasteiger partial charge in [-0.25, -0.2) is 9.78 Å². The minimum Gasteiger partial charge on any atom is -0.497 e. The van der Waals surface area contributed by atoms with Gasteiger partial charge in [0.2, 0.25) is 0 Å². The second kappa shape index (κ2) is 11.1. The van der Waals surface area contributed by atoms with Gasteiger partial charge in [0, 0.05) is 24.1 Å². The van der Waals surface area contributed by atoms with Crippen molar-refractivity contribution in [3.8, 4) is 17.0 Å². The smallest absolute Gasteiger partial charge is 0.497 e. The van der Waals surface area contributed by atoms with Crippen LogP contribution in [0.5, 0.6) is 5.75 Å². The van der Waals surface area contributed by atoms with E-state index in [1.807, 2.05) is 65.9 Å². The number of carbonyl (C=O) groups excluding carboxylic acids is 1. The molecule has 2 atom stereocenters. The Morgan fingerprint density at radius 1 is 1.28 bits per heavy atom. The SMILES string of the molecule is COC(=O)NCC(C)(C)CC(O)N1CCC[C@H]1c1ncc(-c2ccc(B3OC(C)(C)C(C)(C)O3)c(OC)c2)[nH]1. The largest absolute Gasteiger partial charge is 0.498 e. The number of likely N-dealkylation sites (tertiary alicyclic amines) is 1. The van der Waals surface area contributed by atoms with Gasteiger partial charge in [0.1, 0.15) is 17.8 Å². The number of nitrogens with zero attached hydrogens (tertiary/aromatic N) is 2. The van der Waals surface area contributed by atoms with E-state index in [-0.39, 0.29) is 11.5 Å². The van der Waals surface area contributed by atoms with Crippen LogP contribution >= 0.6 is 0 Å². The first-order chi connectivity index (χ1) is 18.3. The molecule has 0 bridgehead atoms. The number of nitrogens with one attached hydrogen (secondary N) is 2. The maximum Gasteiger partial charge on any atom is 0.498 e. The molecule has 10 nitrogen and oxygen atoms in total. The van der Waals surface area contributed by atoms with Crippen molar-refractivity contribution >= 4 is 18.7 Å². The molecule has 2 saturated heterocycles. The van der Waals surface area contributed by atoms with Crippen LogP contribution in [0.3, 0.4) is 0 Å².